The minimum Gasteiger partial charge on any atom is -0.437 e. The van der Waals surface area contributed by atoms with E-state index in [1.807, 2.05) is 48.5 Å². The highest BCUT2D eigenvalue weighted by molar-refractivity contribution is 6.05. The minimum atomic E-state index is 0.569. The largest absolute Gasteiger partial charge is 0.437 e. The van der Waals surface area contributed by atoms with Crippen molar-refractivity contribution < 1.29 is 4.42 Å². The first-order valence-corrected chi connectivity index (χ1v) is 8.11. The van der Waals surface area contributed by atoms with Crippen molar-refractivity contribution in [1.82, 2.24) is 9.97 Å². The summed E-state index contributed by atoms with van der Waals surface area (Å²) in [6.45, 7) is 4.38. The SMILES string of the molecule is C=CCNc1ncnc2oc(-c3ccccc3)c(-c3ccccc3)c12. The average molecular weight is 327 g/mol. The average Bonchev–Trinajstić information content (AvgIpc) is 3.08. The lowest BCUT2D eigenvalue weighted by molar-refractivity contribution is 0.618. The number of nitrogens with one attached hydrogen (secondary N) is 1. The normalized spacial score (nSPS) is 10.7. The number of benzene rings is 2. The summed E-state index contributed by atoms with van der Waals surface area (Å²) in [7, 11) is 0. The fourth-order valence-corrected chi connectivity index (χ4v) is 2.91. The molecule has 0 bridgehead atoms. The van der Waals surface area contributed by atoms with E-state index in [0.29, 0.717) is 12.3 Å². The number of rotatable bonds is 5. The Morgan fingerprint density at radius 2 is 1.60 bits per heavy atom. The van der Waals surface area contributed by atoms with Crippen molar-refractivity contribution in [3.63, 3.8) is 0 Å². The van der Waals surface area contributed by atoms with Crippen LogP contribution in [-0.4, -0.2) is 16.5 Å². The molecule has 0 aliphatic rings. The van der Waals surface area contributed by atoms with Crippen molar-refractivity contribution in [1.29, 1.82) is 0 Å². The third-order valence-electron chi connectivity index (χ3n) is 4.00. The lowest BCUT2D eigenvalue weighted by Gasteiger charge is -2.07. The molecular formula is C21H17N3O. The second kappa shape index (κ2) is 6.61. The van der Waals surface area contributed by atoms with Gasteiger partial charge in [0, 0.05) is 17.7 Å². The second-order valence-electron chi connectivity index (χ2n) is 5.61. The van der Waals surface area contributed by atoms with E-state index in [0.717, 1.165) is 33.7 Å². The van der Waals surface area contributed by atoms with Gasteiger partial charge < -0.3 is 9.73 Å². The van der Waals surface area contributed by atoms with Gasteiger partial charge in [-0.15, -0.1) is 6.58 Å². The van der Waals surface area contributed by atoms with Crippen molar-refractivity contribution in [3.8, 4) is 22.5 Å². The van der Waals surface area contributed by atoms with Gasteiger partial charge >= 0.3 is 0 Å². The third-order valence-corrected chi connectivity index (χ3v) is 4.00. The first-order valence-electron chi connectivity index (χ1n) is 8.11. The summed E-state index contributed by atoms with van der Waals surface area (Å²) in [6.07, 6.45) is 3.31. The highest BCUT2D eigenvalue weighted by Gasteiger charge is 2.21. The highest BCUT2D eigenvalue weighted by atomic mass is 16.3. The Morgan fingerprint density at radius 1 is 0.920 bits per heavy atom. The molecule has 4 nitrogen and oxygen atoms in total. The summed E-state index contributed by atoms with van der Waals surface area (Å²) in [5.74, 6) is 1.54. The quantitative estimate of drug-likeness (QED) is 0.515. The predicted molar refractivity (Wildman–Crippen MR) is 101 cm³/mol. The van der Waals surface area contributed by atoms with Gasteiger partial charge in [0.2, 0.25) is 5.71 Å². The van der Waals surface area contributed by atoms with E-state index < -0.39 is 0 Å². The Labute approximate surface area is 145 Å². The molecule has 0 fully saturated rings. The highest BCUT2D eigenvalue weighted by Crippen LogP contribution is 2.42. The molecule has 4 aromatic rings. The molecule has 2 aromatic carbocycles. The van der Waals surface area contributed by atoms with Crippen LogP contribution in [0.1, 0.15) is 0 Å². The maximum atomic E-state index is 6.14. The van der Waals surface area contributed by atoms with Crippen molar-refractivity contribution in [2.24, 2.45) is 0 Å². The van der Waals surface area contributed by atoms with E-state index in [2.05, 4.69) is 34.0 Å². The molecular weight excluding hydrogens is 310 g/mol. The molecule has 2 heterocycles. The van der Waals surface area contributed by atoms with Crippen LogP contribution in [0.3, 0.4) is 0 Å². The van der Waals surface area contributed by atoms with Gasteiger partial charge in [0.15, 0.2) is 0 Å². The molecule has 4 heteroatoms. The van der Waals surface area contributed by atoms with E-state index in [4.69, 9.17) is 4.42 Å². The molecule has 2 aromatic heterocycles. The Bertz CT molecular complexity index is 1010. The zero-order valence-electron chi connectivity index (χ0n) is 13.6. The number of anilines is 1. The third kappa shape index (κ3) is 2.78. The first-order chi connectivity index (χ1) is 12.4. The van der Waals surface area contributed by atoms with E-state index >= 15 is 0 Å². The van der Waals surface area contributed by atoms with Crippen LogP contribution < -0.4 is 5.32 Å². The molecule has 25 heavy (non-hydrogen) atoms. The predicted octanol–water partition coefficient (Wildman–Crippen LogP) is 5.15. The van der Waals surface area contributed by atoms with E-state index in [1.165, 1.54) is 6.33 Å². The van der Waals surface area contributed by atoms with Crippen LogP contribution in [0.5, 0.6) is 0 Å². The summed E-state index contributed by atoms with van der Waals surface area (Å²) in [5, 5.41) is 4.17. The zero-order valence-corrected chi connectivity index (χ0v) is 13.6. The van der Waals surface area contributed by atoms with Gasteiger partial charge in [-0.25, -0.2) is 9.97 Å². The van der Waals surface area contributed by atoms with Crippen molar-refractivity contribution >= 4 is 16.9 Å². The maximum Gasteiger partial charge on any atom is 0.232 e. The molecule has 0 radical (unpaired) electrons. The van der Waals surface area contributed by atoms with E-state index in [9.17, 15) is 0 Å². The van der Waals surface area contributed by atoms with Crippen molar-refractivity contribution in [2.45, 2.75) is 0 Å². The number of furan rings is 1. The molecule has 0 saturated heterocycles. The molecule has 0 saturated carbocycles. The summed E-state index contributed by atoms with van der Waals surface area (Å²) in [5.41, 5.74) is 3.64. The van der Waals surface area contributed by atoms with Crippen LogP contribution in [-0.2, 0) is 0 Å². The Balaban J connectivity index is 2.04. The molecule has 1 N–H and O–H groups in total. The van der Waals surface area contributed by atoms with Crippen LogP contribution in [0.25, 0.3) is 33.6 Å². The number of hydrogen-bond donors (Lipinski definition) is 1. The molecule has 0 spiro atoms. The molecule has 122 valence electrons. The molecule has 0 atom stereocenters. The number of nitrogens with zero attached hydrogens (tertiary/aromatic N) is 2. The van der Waals surface area contributed by atoms with E-state index in [-0.39, 0.29) is 0 Å². The fraction of sp³-hybridized carbons (Fsp3) is 0.0476. The lowest BCUT2D eigenvalue weighted by Crippen LogP contribution is -2.01. The maximum absolute atomic E-state index is 6.14. The lowest BCUT2D eigenvalue weighted by atomic mass is 9.99. The number of fused-ring (bicyclic) bond motifs is 1. The van der Waals surface area contributed by atoms with Crippen LogP contribution in [0.15, 0.2) is 84.1 Å². The molecule has 0 aliphatic carbocycles. The first kappa shape index (κ1) is 15.1. The molecule has 0 unspecified atom stereocenters. The molecule has 0 aliphatic heterocycles. The van der Waals surface area contributed by atoms with Crippen LogP contribution in [0.4, 0.5) is 5.82 Å². The Morgan fingerprint density at radius 3 is 2.28 bits per heavy atom. The molecule has 4 rings (SSSR count). The second-order valence-corrected chi connectivity index (χ2v) is 5.61. The van der Waals surface area contributed by atoms with Gasteiger partial charge in [-0.05, 0) is 5.56 Å². The van der Waals surface area contributed by atoms with Gasteiger partial charge in [0.1, 0.15) is 17.9 Å². The van der Waals surface area contributed by atoms with Gasteiger partial charge in [-0.1, -0.05) is 66.7 Å². The monoisotopic (exact) mass is 327 g/mol. The van der Waals surface area contributed by atoms with E-state index in [1.54, 1.807) is 6.08 Å². The Hall–Kier alpha value is -3.40. The van der Waals surface area contributed by atoms with Crippen molar-refractivity contribution in [3.05, 3.63) is 79.6 Å². The van der Waals surface area contributed by atoms with Crippen LogP contribution in [0, 0.1) is 0 Å². The van der Waals surface area contributed by atoms with Gasteiger partial charge in [0.05, 0.1) is 5.39 Å². The smallest absolute Gasteiger partial charge is 0.232 e. The Kier molecular flexibility index (Phi) is 4.01. The summed E-state index contributed by atoms with van der Waals surface area (Å²) in [4.78, 5) is 8.75. The zero-order chi connectivity index (χ0) is 17.1. The molecule has 0 amide bonds. The van der Waals surface area contributed by atoms with Crippen LogP contribution in [0.2, 0.25) is 0 Å². The van der Waals surface area contributed by atoms with Crippen LogP contribution >= 0.6 is 0 Å². The summed E-state index contributed by atoms with van der Waals surface area (Å²) >= 11 is 0. The topological polar surface area (TPSA) is 51.0 Å². The van der Waals surface area contributed by atoms with Gasteiger partial charge in [-0.3, -0.25) is 0 Å². The standard InChI is InChI=1S/C21H17N3O/c1-2-13-22-20-18-17(15-9-5-3-6-10-15)19(16-11-7-4-8-12-16)25-21(18)24-14-23-20/h2-12,14H,1,13H2,(H,22,23,24). The van der Waals surface area contributed by atoms with Gasteiger partial charge in [0.25, 0.3) is 0 Å². The fourth-order valence-electron chi connectivity index (χ4n) is 2.91. The number of hydrogen-bond acceptors (Lipinski definition) is 4. The summed E-state index contributed by atoms with van der Waals surface area (Å²) < 4.78 is 6.14. The van der Waals surface area contributed by atoms with Crippen molar-refractivity contribution in [2.75, 3.05) is 11.9 Å². The minimum absolute atomic E-state index is 0.569. The summed E-state index contributed by atoms with van der Waals surface area (Å²) in [6, 6.07) is 20.2. The number of aromatic nitrogens is 2. The van der Waals surface area contributed by atoms with Gasteiger partial charge in [-0.2, -0.15) is 0 Å².